The minimum Gasteiger partial charge on any atom is -0.495 e. The van der Waals surface area contributed by atoms with Crippen molar-refractivity contribution in [3.63, 3.8) is 0 Å². The molecular formula is C20H27N5O3. The Hall–Kier alpha value is -3.16. The number of guanidine groups is 1. The Morgan fingerprint density at radius 3 is 2.54 bits per heavy atom. The molecule has 3 rings (SSSR count). The van der Waals surface area contributed by atoms with Crippen LogP contribution in [-0.2, 0) is 0 Å². The van der Waals surface area contributed by atoms with Gasteiger partial charge in [0.05, 0.1) is 19.1 Å². The molecule has 0 aliphatic carbocycles. The Morgan fingerprint density at radius 1 is 1.11 bits per heavy atom. The second-order valence-electron chi connectivity index (χ2n) is 6.35. The molecule has 2 heterocycles. The third-order valence-electron chi connectivity index (χ3n) is 4.66. The molecule has 0 atom stereocenters. The van der Waals surface area contributed by atoms with Crippen LogP contribution in [-0.4, -0.2) is 70.2 Å². The third-order valence-corrected chi connectivity index (χ3v) is 4.66. The van der Waals surface area contributed by atoms with Gasteiger partial charge in [-0.2, -0.15) is 0 Å². The molecule has 150 valence electrons. The fourth-order valence-electron chi connectivity index (χ4n) is 3.23. The maximum absolute atomic E-state index is 11.9. The first-order valence-corrected chi connectivity index (χ1v) is 9.38. The van der Waals surface area contributed by atoms with Gasteiger partial charge in [0.25, 0.3) is 5.91 Å². The standard InChI is InChI=1S/C20H27N5O3/c1-21-20(23-10-9-22-19(26)18-8-5-15-28-18)25-13-11-24(12-14-25)16-6-3-4-7-17(16)27-2/h3-8,15H,9-14H2,1-2H3,(H,21,23)(H,22,26). The molecule has 1 fully saturated rings. The number of rotatable bonds is 6. The second kappa shape index (κ2) is 9.68. The van der Waals surface area contributed by atoms with Gasteiger partial charge in [-0.3, -0.25) is 9.79 Å². The predicted octanol–water partition coefficient (Wildman–Crippen LogP) is 1.42. The number of nitrogens with one attached hydrogen (secondary N) is 2. The predicted molar refractivity (Wildman–Crippen MR) is 109 cm³/mol. The zero-order chi connectivity index (χ0) is 19.8. The minimum absolute atomic E-state index is 0.216. The number of aliphatic imine (C=N–C) groups is 1. The van der Waals surface area contributed by atoms with Gasteiger partial charge in [-0.1, -0.05) is 12.1 Å². The third kappa shape index (κ3) is 4.76. The summed E-state index contributed by atoms with van der Waals surface area (Å²) in [6.07, 6.45) is 1.49. The van der Waals surface area contributed by atoms with Crippen LogP contribution in [0.15, 0.2) is 52.1 Å². The molecular weight excluding hydrogens is 358 g/mol. The molecule has 1 aromatic heterocycles. The van der Waals surface area contributed by atoms with Gasteiger partial charge < -0.3 is 29.6 Å². The van der Waals surface area contributed by atoms with Crippen LogP contribution in [0.4, 0.5) is 5.69 Å². The van der Waals surface area contributed by atoms with E-state index in [1.165, 1.54) is 6.26 Å². The lowest BCUT2D eigenvalue weighted by Gasteiger charge is -2.38. The Kier molecular flexibility index (Phi) is 6.78. The zero-order valence-corrected chi connectivity index (χ0v) is 16.4. The van der Waals surface area contributed by atoms with Crippen LogP contribution >= 0.6 is 0 Å². The number of hydrogen-bond acceptors (Lipinski definition) is 5. The molecule has 0 spiro atoms. The van der Waals surface area contributed by atoms with E-state index in [9.17, 15) is 4.79 Å². The summed E-state index contributed by atoms with van der Waals surface area (Å²) >= 11 is 0. The summed E-state index contributed by atoms with van der Waals surface area (Å²) in [6.45, 7) is 4.56. The molecule has 8 heteroatoms. The van der Waals surface area contributed by atoms with Crippen LogP contribution in [0.1, 0.15) is 10.6 Å². The largest absolute Gasteiger partial charge is 0.495 e. The molecule has 1 saturated heterocycles. The molecule has 8 nitrogen and oxygen atoms in total. The van der Waals surface area contributed by atoms with E-state index in [0.717, 1.165) is 43.6 Å². The average Bonchev–Trinajstić information content (AvgIpc) is 3.29. The van der Waals surface area contributed by atoms with E-state index in [1.807, 2.05) is 18.2 Å². The fourth-order valence-corrected chi connectivity index (χ4v) is 3.23. The number of furan rings is 1. The Balaban J connectivity index is 1.44. The van der Waals surface area contributed by atoms with Crippen molar-refractivity contribution in [1.29, 1.82) is 0 Å². The van der Waals surface area contributed by atoms with E-state index in [-0.39, 0.29) is 5.91 Å². The lowest BCUT2D eigenvalue weighted by atomic mass is 10.2. The van der Waals surface area contributed by atoms with Gasteiger partial charge in [0.1, 0.15) is 5.75 Å². The Bertz CT molecular complexity index is 783. The summed E-state index contributed by atoms with van der Waals surface area (Å²) in [5, 5.41) is 6.12. The van der Waals surface area contributed by atoms with Gasteiger partial charge >= 0.3 is 0 Å². The van der Waals surface area contributed by atoms with Crippen molar-refractivity contribution in [2.75, 3.05) is 58.3 Å². The van der Waals surface area contributed by atoms with Crippen molar-refractivity contribution in [2.45, 2.75) is 0 Å². The van der Waals surface area contributed by atoms with E-state index < -0.39 is 0 Å². The van der Waals surface area contributed by atoms with Crippen LogP contribution in [0, 0.1) is 0 Å². The smallest absolute Gasteiger partial charge is 0.287 e. The molecule has 0 unspecified atom stereocenters. The molecule has 1 aliphatic heterocycles. The number of nitrogens with zero attached hydrogens (tertiary/aromatic N) is 3. The van der Waals surface area contributed by atoms with Crippen molar-refractivity contribution in [3.05, 3.63) is 48.4 Å². The number of ether oxygens (including phenoxy) is 1. The summed E-state index contributed by atoms with van der Waals surface area (Å²) in [5.74, 6) is 1.83. The van der Waals surface area contributed by atoms with Crippen LogP contribution in [0.3, 0.4) is 0 Å². The summed E-state index contributed by atoms with van der Waals surface area (Å²) < 4.78 is 10.5. The minimum atomic E-state index is -0.216. The van der Waals surface area contributed by atoms with Crippen LogP contribution < -0.4 is 20.3 Å². The van der Waals surface area contributed by atoms with Crippen LogP contribution in [0.2, 0.25) is 0 Å². The molecule has 1 amide bonds. The fraction of sp³-hybridized carbons (Fsp3) is 0.400. The van der Waals surface area contributed by atoms with Crippen LogP contribution in [0.25, 0.3) is 0 Å². The number of piperazine rings is 1. The number of amides is 1. The summed E-state index contributed by atoms with van der Waals surface area (Å²) in [6, 6.07) is 11.4. The number of hydrogen-bond donors (Lipinski definition) is 2. The number of anilines is 1. The highest BCUT2D eigenvalue weighted by atomic mass is 16.5. The van der Waals surface area contributed by atoms with Gasteiger partial charge in [0, 0.05) is 46.3 Å². The van der Waals surface area contributed by atoms with Crippen molar-refractivity contribution in [1.82, 2.24) is 15.5 Å². The quantitative estimate of drug-likeness (QED) is 0.445. The van der Waals surface area contributed by atoms with Crippen LogP contribution in [0.5, 0.6) is 5.75 Å². The van der Waals surface area contributed by atoms with Gasteiger partial charge in [0.2, 0.25) is 0 Å². The lowest BCUT2D eigenvalue weighted by Crippen LogP contribution is -2.53. The van der Waals surface area contributed by atoms with Gasteiger partial charge in [0.15, 0.2) is 11.7 Å². The molecule has 28 heavy (non-hydrogen) atoms. The maximum Gasteiger partial charge on any atom is 0.287 e. The molecule has 0 radical (unpaired) electrons. The van der Waals surface area contributed by atoms with E-state index in [4.69, 9.17) is 9.15 Å². The topological polar surface area (TPSA) is 82.3 Å². The van der Waals surface area contributed by atoms with E-state index in [0.29, 0.717) is 18.8 Å². The highest BCUT2D eigenvalue weighted by Crippen LogP contribution is 2.28. The molecule has 0 bridgehead atoms. The van der Waals surface area contributed by atoms with Crippen molar-refractivity contribution in [2.24, 2.45) is 4.99 Å². The first kappa shape index (κ1) is 19.6. The summed E-state index contributed by atoms with van der Waals surface area (Å²) in [7, 11) is 3.47. The number of para-hydroxylation sites is 2. The molecule has 2 N–H and O–H groups in total. The van der Waals surface area contributed by atoms with Gasteiger partial charge in [-0.05, 0) is 24.3 Å². The van der Waals surface area contributed by atoms with E-state index >= 15 is 0 Å². The molecule has 2 aromatic rings. The number of carbonyl (C=O) groups is 1. The van der Waals surface area contributed by atoms with Crippen molar-refractivity contribution in [3.8, 4) is 5.75 Å². The van der Waals surface area contributed by atoms with Gasteiger partial charge in [-0.25, -0.2) is 0 Å². The van der Waals surface area contributed by atoms with E-state index in [1.54, 1.807) is 26.3 Å². The maximum atomic E-state index is 11.9. The zero-order valence-electron chi connectivity index (χ0n) is 16.4. The molecule has 1 aromatic carbocycles. The monoisotopic (exact) mass is 385 g/mol. The van der Waals surface area contributed by atoms with E-state index in [2.05, 4.69) is 31.5 Å². The first-order chi connectivity index (χ1) is 13.7. The highest BCUT2D eigenvalue weighted by Gasteiger charge is 2.21. The Labute approximate surface area is 165 Å². The summed E-state index contributed by atoms with van der Waals surface area (Å²) in [4.78, 5) is 20.8. The lowest BCUT2D eigenvalue weighted by molar-refractivity contribution is 0.0926. The van der Waals surface area contributed by atoms with Crippen molar-refractivity contribution < 1.29 is 13.9 Å². The summed E-state index contributed by atoms with van der Waals surface area (Å²) in [5.41, 5.74) is 1.12. The highest BCUT2D eigenvalue weighted by molar-refractivity contribution is 5.91. The van der Waals surface area contributed by atoms with Gasteiger partial charge in [-0.15, -0.1) is 0 Å². The second-order valence-corrected chi connectivity index (χ2v) is 6.35. The number of methoxy groups -OCH3 is 1. The average molecular weight is 385 g/mol. The SMILES string of the molecule is CN=C(NCCNC(=O)c1ccco1)N1CCN(c2ccccc2OC)CC1. The number of benzene rings is 1. The molecule has 1 aliphatic rings. The molecule has 0 saturated carbocycles. The Morgan fingerprint density at radius 2 is 1.86 bits per heavy atom. The van der Waals surface area contributed by atoms with Crippen molar-refractivity contribution >= 4 is 17.6 Å². The first-order valence-electron chi connectivity index (χ1n) is 9.38. The normalized spacial score (nSPS) is 14.7. The number of carbonyl (C=O) groups excluding carboxylic acids is 1.